The van der Waals surface area contributed by atoms with Crippen molar-refractivity contribution < 1.29 is 14.2 Å². The highest BCUT2D eigenvalue weighted by Crippen LogP contribution is 2.34. The fourth-order valence-electron chi connectivity index (χ4n) is 2.34. The van der Waals surface area contributed by atoms with Crippen LogP contribution < -0.4 is 10.5 Å². The second kappa shape index (κ2) is 8.93. The van der Waals surface area contributed by atoms with Gasteiger partial charge in [-0.2, -0.15) is 0 Å². The van der Waals surface area contributed by atoms with Crippen molar-refractivity contribution in [1.29, 1.82) is 0 Å². The van der Waals surface area contributed by atoms with E-state index < -0.39 is 0 Å². The van der Waals surface area contributed by atoms with Crippen molar-refractivity contribution in [2.24, 2.45) is 11.7 Å². The lowest BCUT2D eigenvalue weighted by atomic mass is 9.86. The Morgan fingerprint density at radius 3 is 2.65 bits per heavy atom. The molecule has 114 valence electrons. The molecule has 0 aromatic heterocycles. The maximum absolute atomic E-state index is 13.5. The zero-order chi connectivity index (χ0) is 15.0. The minimum absolute atomic E-state index is 0.0437. The second-order valence-corrected chi connectivity index (χ2v) is 5.16. The van der Waals surface area contributed by atoms with Crippen LogP contribution in [0.4, 0.5) is 4.39 Å². The molecule has 2 unspecified atom stereocenters. The number of rotatable bonds is 9. The Morgan fingerprint density at radius 2 is 2.10 bits per heavy atom. The molecule has 0 aliphatic heterocycles. The summed E-state index contributed by atoms with van der Waals surface area (Å²) in [7, 11) is 0. The molecule has 3 nitrogen and oxygen atoms in total. The summed E-state index contributed by atoms with van der Waals surface area (Å²) in [5.41, 5.74) is 6.53. The van der Waals surface area contributed by atoms with Crippen LogP contribution in [0.1, 0.15) is 44.6 Å². The highest BCUT2D eigenvalue weighted by atomic mass is 19.1. The van der Waals surface area contributed by atoms with Gasteiger partial charge < -0.3 is 15.6 Å². The zero-order valence-corrected chi connectivity index (χ0v) is 12.4. The predicted molar refractivity (Wildman–Crippen MR) is 79.5 cm³/mol. The lowest BCUT2D eigenvalue weighted by Gasteiger charge is -2.23. The summed E-state index contributed by atoms with van der Waals surface area (Å²) < 4.78 is 19.3. The fraction of sp³-hybridized carbons (Fsp3) is 0.625. The van der Waals surface area contributed by atoms with Gasteiger partial charge in [-0.05, 0) is 55.8 Å². The number of aliphatic hydroxyl groups excluding tert-OH is 1. The zero-order valence-electron chi connectivity index (χ0n) is 12.4. The third-order valence-corrected chi connectivity index (χ3v) is 3.58. The Morgan fingerprint density at radius 1 is 1.35 bits per heavy atom. The van der Waals surface area contributed by atoms with E-state index in [1.165, 1.54) is 6.07 Å². The molecular formula is C16H26FNO2. The smallest absolute Gasteiger partial charge is 0.123 e. The third kappa shape index (κ3) is 4.76. The first-order valence-corrected chi connectivity index (χ1v) is 7.39. The summed E-state index contributed by atoms with van der Waals surface area (Å²) in [6.45, 7) is 5.22. The molecular weight excluding hydrogens is 257 g/mol. The van der Waals surface area contributed by atoms with Crippen molar-refractivity contribution in [3.05, 3.63) is 29.6 Å². The number of nitrogens with two attached hydrogens (primary N) is 1. The lowest BCUT2D eigenvalue weighted by Crippen LogP contribution is -2.21. The topological polar surface area (TPSA) is 55.5 Å². The van der Waals surface area contributed by atoms with Crippen LogP contribution in [-0.4, -0.2) is 24.9 Å². The predicted octanol–water partition coefficient (Wildman–Crippen LogP) is 3.07. The molecule has 1 rings (SSSR count). The normalized spacial score (nSPS) is 14.1. The molecule has 1 aromatic carbocycles. The highest BCUT2D eigenvalue weighted by Gasteiger charge is 2.19. The summed E-state index contributed by atoms with van der Waals surface area (Å²) in [4.78, 5) is 0. The number of halogens is 1. The maximum Gasteiger partial charge on any atom is 0.123 e. The number of benzene rings is 1. The summed E-state index contributed by atoms with van der Waals surface area (Å²) in [5.74, 6) is 0.685. The van der Waals surface area contributed by atoms with Crippen molar-refractivity contribution in [2.75, 3.05) is 19.8 Å². The van der Waals surface area contributed by atoms with E-state index in [0.717, 1.165) is 30.6 Å². The molecule has 20 heavy (non-hydrogen) atoms. The molecule has 0 radical (unpaired) electrons. The van der Waals surface area contributed by atoms with Gasteiger partial charge in [-0.3, -0.25) is 0 Å². The summed E-state index contributed by atoms with van der Waals surface area (Å²) in [5, 5.41) is 9.30. The highest BCUT2D eigenvalue weighted by molar-refractivity contribution is 5.37. The Hall–Kier alpha value is -1.13. The van der Waals surface area contributed by atoms with E-state index in [2.05, 4.69) is 6.92 Å². The van der Waals surface area contributed by atoms with E-state index in [0.29, 0.717) is 13.2 Å². The van der Waals surface area contributed by atoms with Crippen LogP contribution in [-0.2, 0) is 0 Å². The first-order valence-electron chi connectivity index (χ1n) is 7.39. The van der Waals surface area contributed by atoms with Gasteiger partial charge in [0.25, 0.3) is 0 Å². The van der Waals surface area contributed by atoms with E-state index in [1.807, 2.05) is 6.92 Å². The largest absolute Gasteiger partial charge is 0.493 e. The van der Waals surface area contributed by atoms with E-state index in [-0.39, 0.29) is 24.3 Å². The van der Waals surface area contributed by atoms with Crippen LogP contribution in [0.3, 0.4) is 0 Å². The Balaban J connectivity index is 2.96. The van der Waals surface area contributed by atoms with Gasteiger partial charge in [-0.15, -0.1) is 0 Å². The van der Waals surface area contributed by atoms with Crippen molar-refractivity contribution in [3.63, 3.8) is 0 Å². The average molecular weight is 283 g/mol. The van der Waals surface area contributed by atoms with Crippen molar-refractivity contribution >= 4 is 0 Å². The van der Waals surface area contributed by atoms with E-state index in [9.17, 15) is 9.50 Å². The van der Waals surface area contributed by atoms with Gasteiger partial charge in [0, 0.05) is 12.2 Å². The Labute approximate surface area is 120 Å². The molecule has 0 saturated carbocycles. The molecule has 4 heteroatoms. The van der Waals surface area contributed by atoms with Gasteiger partial charge in [0.15, 0.2) is 0 Å². The molecule has 0 spiro atoms. The molecule has 0 bridgehead atoms. The lowest BCUT2D eigenvalue weighted by molar-refractivity contribution is 0.213. The number of aliphatic hydroxyl groups is 1. The standard InChI is InChI=1S/C16H26FNO2/c1-3-7-20-16-6-5-14(17)9-15(16)13(4-2)8-12(10-18)11-19/h5-6,9,12-13,19H,3-4,7-8,10-11,18H2,1-2H3. The SMILES string of the molecule is CCCOc1ccc(F)cc1C(CC)CC(CN)CO. The van der Waals surface area contributed by atoms with Crippen LogP contribution in [0, 0.1) is 11.7 Å². The van der Waals surface area contributed by atoms with E-state index >= 15 is 0 Å². The monoisotopic (exact) mass is 283 g/mol. The summed E-state index contributed by atoms with van der Waals surface area (Å²) in [6, 6.07) is 4.66. The fourth-order valence-corrected chi connectivity index (χ4v) is 2.34. The van der Waals surface area contributed by atoms with Gasteiger partial charge in [0.05, 0.1) is 6.61 Å². The van der Waals surface area contributed by atoms with Crippen LogP contribution >= 0.6 is 0 Å². The molecule has 0 aliphatic rings. The van der Waals surface area contributed by atoms with Gasteiger partial charge >= 0.3 is 0 Å². The van der Waals surface area contributed by atoms with Gasteiger partial charge in [-0.25, -0.2) is 4.39 Å². The van der Waals surface area contributed by atoms with Gasteiger partial charge in [-0.1, -0.05) is 13.8 Å². The summed E-state index contributed by atoms with van der Waals surface area (Å²) in [6.07, 6.45) is 2.52. The quantitative estimate of drug-likeness (QED) is 0.732. The Kier molecular flexibility index (Phi) is 7.55. The summed E-state index contributed by atoms with van der Waals surface area (Å²) >= 11 is 0. The molecule has 0 fully saturated rings. The first-order chi connectivity index (χ1) is 9.65. The van der Waals surface area contributed by atoms with Crippen LogP contribution in [0.15, 0.2) is 18.2 Å². The van der Waals surface area contributed by atoms with Gasteiger partial charge in [0.2, 0.25) is 0 Å². The van der Waals surface area contributed by atoms with Crippen molar-refractivity contribution in [3.8, 4) is 5.75 Å². The number of hydrogen-bond acceptors (Lipinski definition) is 3. The first kappa shape index (κ1) is 16.9. The molecule has 0 aliphatic carbocycles. The van der Waals surface area contributed by atoms with Gasteiger partial charge in [0.1, 0.15) is 11.6 Å². The van der Waals surface area contributed by atoms with E-state index in [4.69, 9.17) is 10.5 Å². The second-order valence-electron chi connectivity index (χ2n) is 5.16. The average Bonchev–Trinajstić information content (AvgIpc) is 2.47. The van der Waals surface area contributed by atoms with Crippen LogP contribution in [0.2, 0.25) is 0 Å². The number of hydrogen-bond donors (Lipinski definition) is 2. The molecule has 0 saturated heterocycles. The van der Waals surface area contributed by atoms with Crippen molar-refractivity contribution in [1.82, 2.24) is 0 Å². The molecule has 2 atom stereocenters. The minimum Gasteiger partial charge on any atom is -0.493 e. The third-order valence-electron chi connectivity index (χ3n) is 3.58. The molecule has 1 aromatic rings. The molecule has 0 amide bonds. The minimum atomic E-state index is -0.254. The maximum atomic E-state index is 13.5. The van der Waals surface area contributed by atoms with Crippen molar-refractivity contribution in [2.45, 2.75) is 39.0 Å². The van der Waals surface area contributed by atoms with Crippen LogP contribution in [0.25, 0.3) is 0 Å². The van der Waals surface area contributed by atoms with Crippen LogP contribution in [0.5, 0.6) is 5.75 Å². The molecule has 0 heterocycles. The molecule has 3 N–H and O–H groups in total. The Bertz CT molecular complexity index is 394. The van der Waals surface area contributed by atoms with E-state index in [1.54, 1.807) is 12.1 Å². The number of ether oxygens (including phenoxy) is 1.